The molecule has 5 rings (SSSR count). The van der Waals surface area contributed by atoms with Crippen LogP contribution in [0.5, 0.6) is 0 Å². The number of nitrogens with one attached hydrogen (secondary N) is 1. The fraction of sp³-hybridized carbons (Fsp3) is 0.237. The number of benzene rings is 4. The van der Waals surface area contributed by atoms with Crippen LogP contribution >= 0.6 is 0 Å². The fourth-order valence-electron chi connectivity index (χ4n) is 5.48. The molecule has 4 aromatic rings. The first-order valence-electron chi connectivity index (χ1n) is 15.4. The van der Waals surface area contributed by atoms with E-state index in [0.29, 0.717) is 30.8 Å². The van der Waals surface area contributed by atoms with Crippen LogP contribution < -0.4 is 5.32 Å². The van der Waals surface area contributed by atoms with E-state index in [9.17, 15) is 14.4 Å². The third-order valence-corrected chi connectivity index (χ3v) is 7.95. The molecule has 0 radical (unpaired) electrons. The number of esters is 1. The lowest BCUT2D eigenvalue weighted by Crippen LogP contribution is -2.33. The van der Waals surface area contributed by atoms with E-state index < -0.39 is 5.97 Å². The molecular formula is C38H39N3O4. The van der Waals surface area contributed by atoms with Gasteiger partial charge in [-0.25, -0.2) is 4.79 Å². The third kappa shape index (κ3) is 9.00. The van der Waals surface area contributed by atoms with Gasteiger partial charge in [-0.3, -0.25) is 9.59 Å². The van der Waals surface area contributed by atoms with Gasteiger partial charge in [-0.2, -0.15) is 0 Å². The van der Waals surface area contributed by atoms with Gasteiger partial charge in [0.05, 0.1) is 12.7 Å². The predicted octanol–water partition coefficient (Wildman–Crippen LogP) is 6.21. The molecular weight excluding hydrogens is 562 g/mol. The third-order valence-electron chi connectivity index (χ3n) is 7.95. The Balaban J connectivity index is 1.31. The molecule has 7 nitrogen and oxygen atoms in total. The van der Waals surface area contributed by atoms with Crippen molar-refractivity contribution in [2.75, 3.05) is 33.3 Å². The monoisotopic (exact) mass is 601 g/mol. The Morgan fingerprint density at radius 3 is 2.20 bits per heavy atom. The topological polar surface area (TPSA) is 79.0 Å². The van der Waals surface area contributed by atoms with Gasteiger partial charge in [0.2, 0.25) is 5.91 Å². The maximum Gasteiger partial charge on any atom is 0.337 e. The number of carbonyl (C=O) groups is 3. The van der Waals surface area contributed by atoms with Crippen molar-refractivity contribution in [3.8, 4) is 11.1 Å². The van der Waals surface area contributed by atoms with Crippen molar-refractivity contribution >= 4 is 23.9 Å². The Bertz CT molecular complexity index is 1630. The van der Waals surface area contributed by atoms with Crippen LogP contribution in [0.4, 0.5) is 0 Å². The van der Waals surface area contributed by atoms with E-state index in [4.69, 9.17) is 4.74 Å². The van der Waals surface area contributed by atoms with E-state index in [1.165, 1.54) is 20.0 Å². The van der Waals surface area contributed by atoms with E-state index in [0.717, 1.165) is 47.5 Å². The molecule has 4 aromatic carbocycles. The quantitative estimate of drug-likeness (QED) is 0.154. The van der Waals surface area contributed by atoms with Crippen molar-refractivity contribution in [2.24, 2.45) is 0 Å². The number of hydrogen-bond acceptors (Lipinski definition) is 5. The first kappa shape index (κ1) is 31.4. The molecule has 1 heterocycles. The highest BCUT2D eigenvalue weighted by Gasteiger charge is 2.15. The van der Waals surface area contributed by atoms with Crippen molar-refractivity contribution in [1.29, 1.82) is 0 Å². The number of methoxy groups -OCH3 is 1. The molecule has 7 heteroatoms. The molecule has 230 valence electrons. The molecule has 45 heavy (non-hydrogen) atoms. The van der Waals surface area contributed by atoms with Crippen LogP contribution in [-0.2, 0) is 22.6 Å². The van der Waals surface area contributed by atoms with Crippen molar-refractivity contribution in [2.45, 2.75) is 25.9 Å². The molecule has 0 aliphatic carbocycles. The van der Waals surface area contributed by atoms with Gasteiger partial charge < -0.3 is 19.9 Å². The Labute approximate surface area is 265 Å². The van der Waals surface area contributed by atoms with Crippen molar-refractivity contribution < 1.29 is 19.1 Å². The van der Waals surface area contributed by atoms with Gasteiger partial charge in [-0.1, -0.05) is 72.8 Å². The molecule has 0 atom stereocenters. The molecule has 0 unspecified atom stereocenters. The Hall–Kier alpha value is -5.01. The van der Waals surface area contributed by atoms with Gasteiger partial charge in [-0.15, -0.1) is 0 Å². The summed E-state index contributed by atoms with van der Waals surface area (Å²) in [5, 5.41) is 3.06. The number of nitrogens with zero attached hydrogens (tertiary/aromatic N) is 2. The first-order chi connectivity index (χ1) is 22.0. The van der Waals surface area contributed by atoms with Crippen molar-refractivity contribution in [1.82, 2.24) is 15.1 Å². The normalized spacial score (nSPS) is 13.1. The van der Waals surface area contributed by atoms with E-state index in [1.807, 2.05) is 91.0 Å². The van der Waals surface area contributed by atoms with Gasteiger partial charge >= 0.3 is 5.97 Å². The summed E-state index contributed by atoms with van der Waals surface area (Å²) in [6.45, 7) is 4.45. The van der Waals surface area contributed by atoms with Gasteiger partial charge in [0, 0.05) is 37.8 Å². The van der Waals surface area contributed by atoms with Gasteiger partial charge in [0.1, 0.15) is 0 Å². The number of carbonyl (C=O) groups excluding carboxylic acids is 3. The highest BCUT2D eigenvalue weighted by atomic mass is 16.5. The summed E-state index contributed by atoms with van der Waals surface area (Å²) >= 11 is 0. The lowest BCUT2D eigenvalue weighted by molar-refractivity contribution is -0.127. The predicted molar refractivity (Wildman–Crippen MR) is 177 cm³/mol. The molecule has 0 bridgehead atoms. The Morgan fingerprint density at radius 1 is 0.778 bits per heavy atom. The first-order valence-corrected chi connectivity index (χ1v) is 15.4. The second-order valence-electron chi connectivity index (χ2n) is 11.2. The summed E-state index contributed by atoms with van der Waals surface area (Å²) in [5.41, 5.74) is 5.77. The summed E-state index contributed by atoms with van der Waals surface area (Å²) < 4.78 is 4.82. The Kier molecular flexibility index (Phi) is 10.9. The van der Waals surface area contributed by atoms with Gasteiger partial charge in [0.15, 0.2) is 0 Å². The van der Waals surface area contributed by atoms with Crippen LogP contribution in [0.2, 0.25) is 0 Å². The maximum atomic E-state index is 13.5. The zero-order chi connectivity index (χ0) is 31.4. The number of rotatable bonds is 12. The van der Waals surface area contributed by atoms with Crippen LogP contribution in [-0.4, -0.2) is 60.9 Å². The van der Waals surface area contributed by atoms with Crippen LogP contribution in [0.1, 0.15) is 50.2 Å². The molecule has 1 aliphatic rings. The number of amides is 2. The zero-order valence-corrected chi connectivity index (χ0v) is 25.7. The van der Waals surface area contributed by atoms with Gasteiger partial charge in [0.25, 0.3) is 5.91 Å². The van der Waals surface area contributed by atoms with Crippen LogP contribution in [0, 0.1) is 0 Å². The van der Waals surface area contributed by atoms with E-state index in [1.54, 1.807) is 23.1 Å². The Morgan fingerprint density at radius 2 is 1.47 bits per heavy atom. The minimum absolute atomic E-state index is 0.0765. The summed E-state index contributed by atoms with van der Waals surface area (Å²) in [7, 11) is 1.35. The largest absolute Gasteiger partial charge is 0.465 e. The number of ether oxygens (including phenoxy) is 1. The van der Waals surface area contributed by atoms with Crippen LogP contribution in [0.3, 0.4) is 0 Å². The highest BCUT2D eigenvalue weighted by molar-refractivity contribution is 5.95. The SMILES string of the molecule is COC(=O)c1ccc(CN(Cc2cccc(-c3cccc(C(=O)NCCN4CCCC4)c3)c2)C(=O)/C=C/c2ccccc2)cc1. The van der Waals surface area contributed by atoms with E-state index >= 15 is 0 Å². The van der Waals surface area contributed by atoms with E-state index in [-0.39, 0.29) is 11.8 Å². The molecule has 0 spiro atoms. The number of hydrogen-bond donors (Lipinski definition) is 1. The van der Waals surface area contributed by atoms with Crippen molar-refractivity contribution in [3.63, 3.8) is 0 Å². The van der Waals surface area contributed by atoms with Crippen molar-refractivity contribution in [3.05, 3.63) is 137 Å². The second kappa shape index (κ2) is 15.6. The molecule has 1 saturated heterocycles. The molecule has 1 N–H and O–H groups in total. The smallest absolute Gasteiger partial charge is 0.337 e. The lowest BCUT2D eigenvalue weighted by Gasteiger charge is -2.22. The molecule has 1 fully saturated rings. The van der Waals surface area contributed by atoms with Gasteiger partial charge in [-0.05, 0) is 90.2 Å². The minimum atomic E-state index is -0.402. The zero-order valence-electron chi connectivity index (χ0n) is 25.7. The summed E-state index contributed by atoms with van der Waals surface area (Å²) in [5.74, 6) is -0.609. The summed E-state index contributed by atoms with van der Waals surface area (Å²) in [6, 6.07) is 32.5. The average molecular weight is 602 g/mol. The fourth-order valence-corrected chi connectivity index (χ4v) is 5.48. The van der Waals surface area contributed by atoms with E-state index in [2.05, 4.69) is 16.3 Å². The lowest BCUT2D eigenvalue weighted by atomic mass is 10.0. The summed E-state index contributed by atoms with van der Waals surface area (Å²) in [6.07, 6.45) is 5.87. The average Bonchev–Trinajstić information content (AvgIpc) is 3.61. The molecule has 0 aromatic heterocycles. The van der Waals surface area contributed by atoms with Crippen LogP contribution in [0.25, 0.3) is 17.2 Å². The standard InChI is InChI=1S/C38H39N3O4/c1-45-38(44)32-18-15-30(16-19-32)27-41(36(42)20-17-29-9-3-2-4-10-29)28-31-11-7-12-33(25-31)34-13-8-14-35(26-34)37(43)39-21-24-40-22-5-6-23-40/h2-4,7-20,25-26H,5-6,21-24,27-28H2,1H3,(H,39,43)/b20-17+. The summed E-state index contributed by atoms with van der Waals surface area (Å²) in [4.78, 5) is 42.5. The second-order valence-corrected chi connectivity index (χ2v) is 11.2. The minimum Gasteiger partial charge on any atom is -0.465 e. The molecule has 2 amide bonds. The highest BCUT2D eigenvalue weighted by Crippen LogP contribution is 2.23. The maximum absolute atomic E-state index is 13.5. The molecule has 1 aliphatic heterocycles. The van der Waals surface area contributed by atoms with Crippen LogP contribution in [0.15, 0.2) is 109 Å². The number of likely N-dealkylation sites (tertiary alicyclic amines) is 1. The molecule has 0 saturated carbocycles.